The molecule has 112 valence electrons. The Bertz CT molecular complexity index is 443. The van der Waals surface area contributed by atoms with E-state index in [9.17, 15) is 0 Å². The van der Waals surface area contributed by atoms with Gasteiger partial charge in [-0.05, 0) is 55.7 Å². The second-order valence-corrected chi connectivity index (χ2v) is 6.83. The van der Waals surface area contributed by atoms with Crippen molar-refractivity contribution >= 4 is 17.3 Å². The third-order valence-electron chi connectivity index (χ3n) is 4.55. The van der Waals surface area contributed by atoms with Gasteiger partial charge in [-0.3, -0.25) is 0 Å². The summed E-state index contributed by atoms with van der Waals surface area (Å²) in [5, 5.41) is 0.836. The van der Waals surface area contributed by atoms with Crippen LogP contribution < -0.4 is 10.6 Å². The lowest BCUT2D eigenvalue weighted by molar-refractivity contribution is 0.351. The second-order valence-electron chi connectivity index (χ2n) is 6.42. The summed E-state index contributed by atoms with van der Waals surface area (Å²) in [6.45, 7) is 8.89. The maximum absolute atomic E-state index is 6.46. The summed E-state index contributed by atoms with van der Waals surface area (Å²) < 4.78 is 0. The Kier molecular flexibility index (Phi) is 5.34. The average molecular weight is 295 g/mol. The van der Waals surface area contributed by atoms with Crippen LogP contribution in [0, 0.1) is 11.8 Å². The van der Waals surface area contributed by atoms with Crippen LogP contribution in [0.5, 0.6) is 0 Å². The van der Waals surface area contributed by atoms with Crippen LogP contribution in [0.3, 0.4) is 0 Å². The Morgan fingerprint density at radius 3 is 2.55 bits per heavy atom. The highest BCUT2D eigenvalue weighted by Gasteiger charge is 2.21. The Morgan fingerprint density at radius 1 is 1.20 bits per heavy atom. The second kappa shape index (κ2) is 6.82. The number of hydrogen-bond acceptors (Lipinski definition) is 2. The minimum absolute atomic E-state index is 0.0380. The molecule has 1 aromatic rings. The minimum Gasteiger partial charge on any atom is -0.370 e. The average Bonchev–Trinajstić information content (AvgIpc) is 2.64. The number of halogens is 1. The van der Waals surface area contributed by atoms with Gasteiger partial charge < -0.3 is 10.6 Å². The summed E-state index contributed by atoms with van der Waals surface area (Å²) in [5.41, 5.74) is 8.19. The van der Waals surface area contributed by atoms with Gasteiger partial charge in [0, 0.05) is 19.1 Å². The van der Waals surface area contributed by atoms with Crippen LogP contribution >= 0.6 is 11.6 Å². The smallest absolute Gasteiger partial charge is 0.0642 e. The zero-order valence-corrected chi connectivity index (χ0v) is 13.7. The Labute approximate surface area is 128 Å². The fraction of sp³-hybridized carbons (Fsp3) is 0.647. The van der Waals surface area contributed by atoms with Gasteiger partial charge >= 0.3 is 0 Å². The molecule has 0 aromatic heterocycles. The summed E-state index contributed by atoms with van der Waals surface area (Å²) in [7, 11) is 0. The van der Waals surface area contributed by atoms with Crippen molar-refractivity contribution in [1.29, 1.82) is 0 Å². The normalized spacial score (nSPS) is 21.9. The highest BCUT2D eigenvalue weighted by atomic mass is 35.5. The van der Waals surface area contributed by atoms with Crippen molar-refractivity contribution in [2.45, 2.75) is 46.1 Å². The van der Waals surface area contributed by atoms with E-state index in [-0.39, 0.29) is 6.04 Å². The van der Waals surface area contributed by atoms with Crippen molar-refractivity contribution < 1.29 is 0 Å². The van der Waals surface area contributed by atoms with E-state index in [2.05, 4.69) is 30.9 Å². The van der Waals surface area contributed by atoms with Gasteiger partial charge in [0.15, 0.2) is 0 Å². The summed E-state index contributed by atoms with van der Waals surface area (Å²) in [6.07, 6.45) is 3.86. The van der Waals surface area contributed by atoms with Crippen molar-refractivity contribution in [2.24, 2.45) is 17.6 Å². The molecule has 0 radical (unpaired) electrons. The Hall–Kier alpha value is -0.730. The van der Waals surface area contributed by atoms with Gasteiger partial charge in [0.1, 0.15) is 0 Å². The van der Waals surface area contributed by atoms with Gasteiger partial charge in [-0.1, -0.05) is 31.5 Å². The van der Waals surface area contributed by atoms with Crippen molar-refractivity contribution in [3.8, 4) is 0 Å². The van der Waals surface area contributed by atoms with Crippen LogP contribution in [0.1, 0.15) is 51.6 Å². The first-order valence-electron chi connectivity index (χ1n) is 7.79. The van der Waals surface area contributed by atoms with Crippen molar-refractivity contribution in [3.63, 3.8) is 0 Å². The minimum atomic E-state index is 0.0380. The van der Waals surface area contributed by atoms with E-state index >= 15 is 0 Å². The Morgan fingerprint density at radius 2 is 1.95 bits per heavy atom. The zero-order chi connectivity index (χ0) is 14.7. The fourth-order valence-corrected chi connectivity index (χ4v) is 3.40. The molecule has 2 rings (SSSR count). The molecule has 0 amide bonds. The van der Waals surface area contributed by atoms with E-state index in [1.54, 1.807) is 0 Å². The first-order valence-corrected chi connectivity index (χ1v) is 8.16. The molecule has 1 fully saturated rings. The van der Waals surface area contributed by atoms with Crippen molar-refractivity contribution in [1.82, 2.24) is 0 Å². The van der Waals surface area contributed by atoms with E-state index in [1.165, 1.54) is 24.9 Å². The molecule has 1 unspecified atom stereocenters. The molecule has 0 bridgehead atoms. The molecule has 0 saturated carbocycles. The lowest BCUT2D eigenvalue weighted by atomic mass is 9.89. The SMILES string of the molecule is CC(C)C1CCCN(c2ccc([C@H](C)N)cc2Cl)CC1. The van der Waals surface area contributed by atoms with E-state index in [1.807, 2.05) is 13.0 Å². The van der Waals surface area contributed by atoms with E-state index < -0.39 is 0 Å². The fourth-order valence-electron chi connectivity index (χ4n) is 3.09. The quantitative estimate of drug-likeness (QED) is 0.881. The molecule has 20 heavy (non-hydrogen) atoms. The van der Waals surface area contributed by atoms with Crippen LogP contribution in [-0.2, 0) is 0 Å². The monoisotopic (exact) mass is 294 g/mol. The summed E-state index contributed by atoms with van der Waals surface area (Å²) in [5.74, 6) is 1.63. The lowest BCUT2D eigenvalue weighted by Gasteiger charge is -2.25. The third-order valence-corrected chi connectivity index (χ3v) is 4.86. The van der Waals surface area contributed by atoms with E-state index in [4.69, 9.17) is 17.3 Å². The van der Waals surface area contributed by atoms with Crippen molar-refractivity contribution in [2.75, 3.05) is 18.0 Å². The lowest BCUT2D eigenvalue weighted by Crippen LogP contribution is -2.25. The first-order chi connectivity index (χ1) is 9.49. The van der Waals surface area contributed by atoms with Gasteiger partial charge in [0.05, 0.1) is 10.7 Å². The van der Waals surface area contributed by atoms with Crippen molar-refractivity contribution in [3.05, 3.63) is 28.8 Å². The maximum atomic E-state index is 6.46. The summed E-state index contributed by atoms with van der Waals surface area (Å²) >= 11 is 6.46. The largest absolute Gasteiger partial charge is 0.370 e. The molecule has 2 nitrogen and oxygen atoms in total. The molecule has 1 saturated heterocycles. The molecular formula is C17H27ClN2. The summed E-state index contributed by atoms with van der Waals surface area (Å²) in [6, 6.07) is 6.30. The molecule has 1 heterocycles. The predicted molar refractivity (Wildman–Crippen MR) is 88.4 cm³/mol. The molecule has 1 aromatic carbocycles. The maximum Gasteiger partial charge on any atom is 0.0642 e. The standard InChI is InChI=1S/C17H27ClN2/c1-12(2)14-5-4-9-20(10-8-14)17-7-6-15(13(3)19)11-16(17)18/h6-7,11-14H,4-5,8-10,19H2,1-3H3/t13-,14?/m0/s1. The van der Waals surface area contributed by atoms with Crippen LogP contribution in [0.15, 0.2) is 18.2 Å². The van der Waals surface area contributed by atoms with E-state index in [0.29, 0.717) is 0 Å². The van der Waals surface area contributed by atoms with Gasteiger partial charge in [0.2, 0.25) is 0 Å². The van der Waals surface area contributed by atoms with Crippen LogP contribution in [0.25, 0.3) is 0 Å². The van der Waals surface area contributed by atoms with Crippen LogP contribution in [-0.4, -0.2) is 13.1 Å². The number of hydrogen-bond donors (Lipinski definition) is 1. The van der Waals surface area contributed by atoms with Gasteiger partial charge in [-0.2, -0.15) is 0 Å². The number of nitrogens with two attached hydrogens (primary N) is 1. The molecule has 3 heteroatoms. The molecular weight excluding hydrogens is 268 g/mol. The molecule has 1 aliphatic rings. The van der Waals surface area contributed by atoms with Crippen LogP contribution in [0.4, 0.5) is 5.69 Å². The molecule has 0 aliphatic carbocycles. The third kappa shape index (κ3) is 3.67. The van der Waals surface area contributed by atoms with Gasteiger partial charge in [0.25, 0.3) is 0 Å². The van der Waals surface area contributed by atoms with Gasteiger partial charge in [-0.25, -0.2) is 0 Å². The molecule has 2 atom stereocenters. The highest BCUT2D eigenvalue weighted by molar-refractivity contribution is 6.33. The number of anilines is 1. The van der Waals surface area contributed by atoms with Crippen LogP contribution in [0.2, 0.25) is 5.02 Å². The first kappa shape index (κ1) is 15.7. The molecule has 0 spiro atoms. The Balaban J connectivity index is 2.12. The molecule has 2 N–H and O–H groups in total. The highest BCUT2D eigenvalue weighted by Crippen LogP contribution is 2.32. The number of nitrogens with zero attached hydrogens (tertiary/aromatic N) is 1. The predicted octanol–water partition coefficient (Wildman–Crippen LogP) is 4.62. The number of rotatable bonds is 3. The molecule has 1 aliphatic heterocycles. The summed E-state index contributed by atoms with van der Waals surface area (Å²) in [4.78, 5) is 2.44. The number of benzene rings is 1. The topological polar surface area (TPSA) is 29.3 Å². The van der Waals surface area contributed by atoms with E-state index in [0.717, 1.165) is 35.5 Å². The zero-order valence-electron chi connectivity index (χ0n) is 12.9. The van der Waals surface area contributed by atoms with Gasteiger partial charge in [-0.15, -0.1) is 0 Å².